The average molecular weight is 560 g/mol. The van der Waals surface area contributed by atoms with E-state index in [-0.39, 0.29) is 48.4 Å². The second-order valence-electron chi connectivity index (χ2n) is 7.80. The SMILES string of the molecule is CCNC(=NCCC(O)(c1nccn1C)C(F)(F)F)NC1CCN(C(=O)C(C)C)C1.I. The monoisotopic (exact) mass is 560 g/mol. The normalized spacial score (nSPS) is 19.2. The fraction of sp³-hybridized carbons (Fsp3) is 0.737. The van der Waals surface area contributed by atoms with Crippen LogP contribution in [0.4, 0.5) is 13.2 Å². The van der Waals surface area contributed by atoms with Crippen LogP contribution in [0.2, 0.25) is 0 Å². The van der Waals surface area contributed by atoms with Crippen molar-refractivity contribution in [1.82, 2.24) is 25.1 Å². The topological polar surface area (TPSA) is 94.8 Å². The molecule has 1 saturated heterocycles. The summed E-state index contributed by atoms with van der Waals surface area (Å²) < 4.78 is 42.0. The van der Waals surface area contributed by atoms with Crippen LogP contribution in [0, 0.1) is 5.92 Å². The number of nitrogens with one attached hydrogen (secondary N) is 2. The molecule has 0 saturated carbocycles. The number of aromatic nitrogens is 2. The Balaban J connectivity index is 0.00000480. The highest BCUT2D eigenvalue weighted by molar-refractivity contribution is 14.0. The van der Waals surface area contributed by atoms with E-state index in [9.17, 15) is 23.1 Å². The molecule has 0 aromatic carbocycles. The molecule has 2 unspecified atom stereocenters. The number of guanidine groups is 1. The Hall–Kier alpha value is -1.57. The fourth-order valence-corrected chi connectivity index (χ4v) is 3.43. The van der Waals surface area contributed by atoms with Gasteiger partial charge in [0.15, 0.2) is 5.96 Å². The van der Waals surface area contributed by atoms with Gasteiger partial charge in [0.1, 0.15) is 5.82 Å². The van der Waals surface area contributed by atoms with Crippen LogP contribution in [-0.4, -0.2) is 69.8 Å². The summed E-state index contributed by atoms with van der Waals surface area (Å²) in [4.78, 5) is 21.8. The van der Waals surface area contributed by atoms with Crippen molar-refractivity contribution in [3.05, 3.63) is 18.2 Å². The Kier molecular flexibility index (Phi) is 10.0. The standard InChI is InChI=1S/C19H31F3N6O2.HI/c1-5-23-17(26-14-6-10-28(12-14)15(29)13(2)3)25-8-7-18(30,19(20,21)22)16-24-9-11-27(16)4;/h9,11,13-14,30H,5-8,10,12H2,1-4H3,(H2,23,25,26);1H. The zero-order valence-electron chi connectivity index (χ0n) is 18.2. The van der Waals surface area contributed by atoms with Crippen LogP contribution in [-0.2, 0) is 17.4 Å². The minimum Gasteiger partial charge on any atom is -0.374 e. The number of carbonyl (C=O) groups is 1. The maximum absolute atomic E-state index is 13.6. The number of aliphatic imine (C=N–C) groups is 1. The van der Waals surface area contributed by atoms with Crippen molar-refractivity contribution in [2.45, 2.75) is 51.4 Å². The second kappa shape index (κ2) is 11.3. The van der Waals surface area contributed by atoms with Crippen molar-refractivity contribution in [2.75, 3.05) is 26.2 Å². The first-order valence-corrected chi connectivity index (χ1v) is 10.1. The predicted octanol–water partition coefficient (Wildman–Crippen LogP) is 1.99. The summed E-state index contributed by atoms with van der Waals surface area (Å²) in [6.45, 7) is 6.94. The number of hydrogen-bond acceptors (Lipinski definition) is 4. The van der Waals surface area contributed by atoms with Gasteiger partial charge in [0.2, 0.25) is 11.5 Å². The Morgan fingerprint density at radius 1 is 1.42 bits per heavy atom. The molecule has 0 spiro atoms. The predicted molar refractivity (Wildman–Crippen MR) is 122 cm³/mol. The molecular formula is C19H32F3IN6O2. The van der Waals surface area contributed by atoms with E-state index in [2.05, 4.69) is 20.6 Å². The Morgan fingerprint density at radius 3 is 2.61 bits per heavy atom. The smallest absolute Gasteiger partial charge is 0.374 e. The van der Waals surface area contributed by atoms with Crippen molar-refractivity contribution < 1.29 is 23.1 Å². The number of amides is 1. The quantitative estimate of drug-likeness (QED) is 0.270. The lowest BCUT2D eigenvalue weighted by Crippen LogP contribution is -2.46. The van der Waals surface area contributed by atoms with Crippen LogP contribution < -0.4 is 10.6 Å². The molecule has 0 bridgehead atoms. The number of aryl methyl sites for hydroxylation is 1. The molecule has 1 aromatic heterocycles. The number of aliphatic hydroxyl groups is 1. The average Bonchev–Trinajstić information content (AvgIpc) is 3.29. The van der Waals surface area contributed by atoms with E-state index in [4.69, 9.17) is 0 Å². The van der Waals surface area contributed by atoms with Crippen molar-refractivity contribution in [3.63, 3.8) is 0 Å². The molecule has 178 valence electrons. The lowest BCUT2D eigenvalue weighted by molar-refractivity contribution is -0.272. The molecule has 0 aliphatic carbocycles. The van der Waals surface area contributed by atoms with Gasteiger partial charge in [-0.2, -0.15) is 13.2 Å². The number of alkyl halides is 3. The Morgan fingerprint density at radius 2 is 2.10 bits per heavy atom. The van der Waals surface area contributed by atoms with Crippen LogP contribution in [0.15, 0.2) is 17.4 Å². The maximum Gasteiger partial charge on any atom is 0.424 e. The Bertz CT molecular complexity index is 755. The van der Waals surface area contributed by atoms with Gasteiger partial charge in [0.25, 0.3) is 0 Å². The van der Waals surface area contributed by atoms with E-state index in [0.29, 0.717) is 25.6 Å². The summed E-state index contributed by atoms with van der Waals surface area (Å²) >= 11 is 0. The number of carbonyl (C=O) groups excluding carboxylic acids is 1. The van der Waals surface area contributed by atoms with Crippen molar-refractivity contribution in [2.24, 2.45) is 18.0 Å². The first kappa shape index (κ1) is 27.5. The van der Waals surface area contributed by atoms with Gasteiger partial charge >= 0.3 is 6.18 Å². The molecule has 12 heteroatoms. The highest BCUT2D eigenvalue weighted by atomic mass is 127. The summed E-state index contributed by atoms with van der Waals surface area (Å²) in [6.07, 6.45) is -2.27. The molecule has 1 aliphatic heterocycles. The van der Waals surface area contributed by atoms with E-state index in [0.717, 1.165) is 11.0 Å². The van der Waals surface area contributed by atoms with Gasteiger partial charge in [0, 0.05) is 64.0 Å². The first-order valence-electron chi connectivity index (χ1n) is 10.1. The summed E-state index contributed by atoms with van der Waals surface area (Å²) in [5.41, 5.74) is -3.10. The molecular weight excluding hydrogens is 528 g/mol. The van der Waals surface area contributed by atoms with E-state index in [1.54, 1.807) is 4.90 Å². The van der Waals surface area contributed by atoms with Crippen molar-refractivity contribution in [1.29, 1.82) is 0 Å². The summed E-state index contributed by atoms with van der Waals surface area (Å²) in [5, 5.41) is 16.6. The summed E-state index contributed by atoms with van der Waals surface area (Å²) in [7, 11) is 1.40. The Labute approximate surface area is 197 Å². The number of rotatable bonds is 7. The van der Waals surface area contributed by atoms with Gasteiger partial charge < -0.3 is 25.2 Å². The highest BCUT2D eigenvalue weighted by Crippen LogP contribution is 2.40. The molecule has 2 rings (SSSR count). The van der Waals surface area contributed by atoms with Gasteiger partial charge in [-0.1, -0.05) is 13.8 Å². The van der Waals surface area contributed by atoms with Crippen LogP contribution >= 0.6 is 24.0 Å². The number of hydrogen-bond donors (Lipinski definition) is 3. The zero-order valence-corrected chi connectivity index (χ0v) is 20.6. The van der Waals surface area contributed by atoms with E-state index in [1.165, 1.54) is 19.4 Å². The van der Waals surface area contributed by atoms with Gasteiger partial charge in [0.05, 0.1) is 0 Å². The van der Waals surface area contributed by atoms with Gasteiger partial charge in [-0.3, -0.25) is 9.79 Å². The van der Waals surface area contributed by atoms with Crippen LogP contribution in [0.3, 0.4) is 0 Å². The van der Waals surface area contributed by atoms with Crippen LogP contribution in [0.5, 0.6) is 0 Å². The fourth-order valence-electron chi connectivity index (χ4n) is 3.43. The minimum absolute atomic E-state index is 0. The van der Waals surface area contributed by atoms with Crippen LogP contribution in [0.25, 0.3) is 0 Å². The molecule has 2 atom stereocenters. The third kappa shape index (κ3) is 6.70. The van der Waals surface area contributed by atoms with E-state index >= 15 is 0 Å². The molecule has 1 aliphatic rings. The molecule has 0 radical (unpaired) electrons. The third-order valence-electron chi connectivity index (χ3n) is 5.08. The van der Waals surface area contributed by atoms with Gasteiger partial charge in [-0.15, -0.1) is 24.0 Å². The van der Waals surface area contributed by atoms with Crippen LogP contribution in [0.1, 0.15) is 39.4 Å². The van der Waals surface area contributed by atoms with Gasteiger partial charge in [-0.25, -0.2) is 4.98 Å². The van der Waals surface area contributed by atoms with E-state index in [1.807, 2.05) is 20.8 Å². The first-order chi connectivity index (χ1) is 14.0. The number of halogens is 4. The number of likely N-dealkylation sites (tertiary alicyclic amines) is 1. The molecule has 8 nitrogen and oxygen atoms in total. The van der Waals surface area contributed by atoms with E-state index < -0.39 is 24.0 Å². The second-order valence-corrected chi connectivity index (χ2v) is 7.80. The van der Waals surface area contributed by atoms with Crippen molar-refractivity contribution in [3.8, 4) is 0 Å². The summed E-state index contributed by atoms with van der Waals surface area (Å²) in [5.74, 6) is -0.129. The molecule has 1 aromatic rings. The summed E-state index contributed by atoms with van der Waals surface area (Å²) in [6, 6.07) is -0.0402. The number of nitrogens with zero attached hydrogens (tertiary/aromatic N) is 4. The molecule has 3 N–H and O–H groups in total. The van der Waals surface area contributed by atoms with Crippen molar-refractivity contribution >= 4 is 35.8 Å². The highest BCUT2D eigenvalue weighted by Gasteiger charge is 2.57. The lowest BCUT2D eigenvalue weighted by Gasteiger charge is -2.29. The lowest BCUT2D eigenvalue weighted by atomic mass is 9.98. The molecule has 1 fully saturated rings. The number of imidazole rings is 1. The minimum atomic E-state index is -4.89. The molecule has 31 heavy (non-hydrogen) atoms. The molecule has 1 amide bonds. The zero-order chi connectivity index (χ0) is 22.5. The third-order valence-corrected chi connectivity index (χ3v) is 5.08. The molecule has 2 heterocycles. The maximum atomic E-state index is 13.6. The largest absolute Gasteiger partial charge is 0.424 e. The van der Waals surface area contributed by atoms with Gasteiger partial charge in [-0.05, 0) is 13.3 Å².